The van der Waals surface area contributed by atoms with Crippen molar-refractivity contribution in [2.75, 3.05) is 12.0 Å². The number of carbonyl (C=O) groups excluding carboxylic acids is 2. The molecule has 180 valence electrons. The van der Waals surface area contributed by atoms with Gasteiger partial charge in [-0.1, -0.05) is 29.8 Å². The number of rotatable bonds is 6. The molecule has 3 aromatic carbocycles. The van der Waals surface area contributed by atoms with Gasteiger partial charge in [0, 0.05) is 16.8 Å². The Balaban J connectivity index is 1.89. The highest BCUT2D eigenvalue weighted by atomic mass is 35.5. The highest BCUT2D eigenvalue weighted by molar-refractivity contribution is 6.51. The molecular weight excluding hydrogens is 473 g/mol. The molecule has 1 heterocycles. The van der Waals surface area contributed by atoms with E-state index < -0.39 is 29.3 Å². The molecule has 4 rings (SSSR count). The maximum atomic E-state index is 15.0. The summed E-state index contributed by atoms with van der Waals surface area (Å²) in [6, 6.07) is 15.6. The summed E-state index contributed by atoms with van der Waals surface area (Å²) in [6.45, 7) is 3.77. The minimum absolute atomic E-state index is 0.0443. The Labute approximate surface area is 207 Å². The zero-order chi connectivity index (χ0) is 25.3. The van der Waals surface area contributed by atoms with Gasteiger partial charge in [0.25, 0.3) is 11.7 Å². The number of anilines is 1. The molecule has 1 amide bonds. The first kappa shape index (κ1) is 24.3. The fourth-order valence-corrected chi connectivity index (χ4v) is 4.27. The summed E-state index contributed by atoms with van der Waals surface area (Å²) in [7, 11) is 1.45. The average molecular weight is 496 g/mol. The summed E-state index contributed by atoms with van der Waals surface area (Å²) in [6.07, 6.45) is -0.0443. The number of Topliss-reactive ketones (excluding diaryl/α,β-unsaturated/α-hetero) is 1. The highest BCUT2D eigenvalue weighted by Crippen LogP contribution is 2.44. The highest BCUT2D eigenvalue weighted by Gasteiger charge is 2.48. The topological polar surface area (TPSA) is 76.1 Å². The minimum Gasteiger partial charge on any atom is -0.507 e. The average Bonchev–Trinajstić information content (AvgIpc) is 3.09. The molecule has 0 spiro atoms. The molecule has 1 aliphatic rings. The normalized spacial score (nSPS) is 17.2. The summed E-state index contributed by atoms with van der Waals surface area (Å²) in [5, 5.41) is 11.4. The summed E-state index contributed by atoms with van der Waals surface area (Å²) >= 11 is 6.27. The second-order valence-corrected chi connectivity index (χ2v) is 8.61. The van der Waals surface area contributed by atoms with Crippen LogP contribution in [0.1, 0.15) is 31.0 Å². The number of methoxy groups -OCH3 is 1. The Morgan fingerprint density at radius 2 is 1.74 bits per heavy atom. The zero-order valence-electron chi connectivity index (χ0n) is 19.3. The number of aliphatic hydroxyl groups is 1. The van der Waals surface area contributed by atoms with E-state index in [9.17, 15) is 19.1 Å². The van der Waals surface area contributed by atoms with E-state index in [1.807, 2.05) is 13.8 Å². The summed E-state index contributed by atoms with van der Waals surface area (Å²) in [4.78, 5) is 27.5. The number of hydrogen-bond donors (Lipinski definition) is 1. The van der Waals surface area contributed by atoms with E-state index in [-0.39, 0.29) is 33.5 Å². The van der Waals surface area contributed by atoms with Crippen molar-refractivity contribution in [1.29, 1.82) is 0 Å². The third-order valence-electron chi connectivity index (χ3n) is 5.56. The van der Waals surface area contributed by atoms with E-state index in [4.69, 9.17) is 21.1 Å². The van der Waals surface area contributed by atoms with Crippen LogP contribution in [0.4, 0.5) is 10.1 Å². The maximum Gasteiger partial charge on any atom is 0.300 e. The Bertz CT molecular complexity index is 1320. The smallest absolute Gasteiger partial charge is 0.300 e. The second-order valence-electron chi connectivity index (χ2n) is 8.20. The van der Waals surface area contributed by atoms with Gasteiger partial charge >= 0.3 is 0 Å². The quantitative estimate of drug-likeness (QED) is 0.262. The number of amides is 1. The number of aliphatic hydroxyl groups excluding tert-OH is 1. The molecule has 1 saturated heterocycles. The predicted molar refractivity (Wildman–Crippen MR) is 131 cm³/mol. The standard InChI is InChI=1S/C27H23ClFNO5/c1-15(2)35-18-11-8-16(9-12-18)25(31)23-24(19-6-4-5-7-21(19)29)30(27(33)26(23)32)17-10-13-22(34-3)20(28)14-17/h4-15,24,31H,1-3H3/b25-23+. The van der Waals surface area contributed by atoms with Crippen molar-refractivity contribution >= 4 is 34.7 Å². The van der Waals surface area contributed by atoms with E-state index >= 15 is 0 Å². The maximum absolute atomic E-state index is 15.0. The van der Waals surface area contributed by atoms with Crippen molar-refractivity contribution in [2.24, 2.45) is 0 Å². The number of nitrogens with zero attached hydrogens (tertiary/aromatic N) is 1. The summed E-state index contributed by atoms with van der Waals surface area (Å²) < 4.78 is 25.8. The summed E-state index contributed by atoms with van der Waals surface area (Å²) in [5.74, 6) is -1.95. The lowest BCUT2D eigenvalue weighted by atomic mass is 9.94. The Hall–Kier alpha value is -3.84. The fourth-order valence-electron chi connectivity index (χ4n) is 4.01. The van der Waals surface area contributed by atoms with Crippen LogP contribution in [0, 0.1) is 5.82 Å². The monoisotopic (exact) mass is 495 g/mol. The molecule has 1 fully saturated rings. The number of carbonyl (C=O) groups is 2. The Morgan fingerprint density at radius 3 is 2.34 bits per heavy atom. The third kappa shape index (κ3) is 4.59. The number of ketones is 1. The number of ether oxygens (including phenoxy) is 2. The van der Waals surface area contributed by atoms with Crippen LogP contribution in [0.5, 0.6) is 11.5 Å². The fraction of sp³-hybridized carbons (Fsp3) is 0.185. The number of benzene rings is 3. The molecule has 0 saturated carbocycles. The SMILES string of the molecule is COc1ccc(N2C(=O)C(=O)/C(=C(/O)c3ccc(OC(C)C)cc3)C2c2ccccc2F)cc1Cl. The first-order valence-electron chi connectivity index (χ1n) is 10.9. The largest absolute Gasteiger partial charge is 0.507 e. The van der Waals surface area contributed by atoms with Gasteiger partial charge in [-0.15, -0.1) is 0 Å². The van der Waals surface area contributed by atoms with Crippen LogP contribution in [0.3, 0.4) is 0 Å². The van der Waals surface area contributed by atoms with Crippen LogP contribution >= 0.6 is 11.6 Å². The van der Waals surface area contributed by atoms with Gasteiger partial charge in [-0.3, -0.25) is 14.5 Å². The second kappa shape index (κ2) is 9.80. The van der Waals surface area contributed by atoms with Gasteiger partial charge < -0.3 is 14.6 Å². The van der Waals surface area contributed by atoms with Gasteiger partial charge in [0.15, 0.2) is 0 Å². The lowest BCUT2D eigenvalue weighted by molar-refractivity contribution is -0.132. The molecule has 0 radical (unpaired) electrons. The molecule has 0 aliphatic carbocycles. The molecule has 1 N–H and O–H groups in total. The third-order valence-corrected chi connectivity index (χ3v) is 5.85. The molecule has 1 atom stereocenters. The molecule has 3 aromatic rings. The van der Waals surface area contributed by atoms with Gasteiger partial charge in [0.1, 0.15) is 23.1 Å². The first-order chi connectivity index (χ1) is 16.7. The van der Waals surface area contributed by atoms with Crippen molar-refractivity contribution in [3.05, 3.63) is 94.3 Å². The van der Waals surface area contributed by atoms with Gasteiger partial charge in [-0.2, -0.15) is 0 Å². The van der Waals surface area contributed by atoms with Crippen LogP contribution in [-0.4, -0.2) is 30.0 Å². The minimum atomic E-state index is -1.22. The van der Waals surface area contributed by atoms with Gasteiger partial charge in [0.2, 0.25) is 0 Å². The Morgan fingerprint density at radius 1 is 1.06 bits per heavy atom. The van der Waals surface area contributed by atoms with E-state index in [1.165, 1.54) is 31.4 Å². The molecule has 8 heteroatoms. The first-order valence-corrected chi connectivity index (χ1v) is 11.3. The number of halogens is 2. The Kier molecular flexibility index (Phi) is 6.80. The number of hydrogen-bond acceptors (Lipinski definition) is 5. The molecule has 1 unspecified atom stereocenters. The lowest BCUT2D eigenvalue weighted by Crippen LogP contribution is -2.29. The summed E-state index contributed by atoms with van der Waals surface area (Å²) in [5.41, 5.74) is 0.364. The molecule has 1 aliphatic heterocycles. The van der Waals surface area contributed by atoms with E-state index in [2.05, 4.69) is 0 Å². The molecule has 0 aromatic heterocycles. The van der Waals surface area contributed by atoms with Gasteiger partial charge in [0.05, 0.1) is 29.9 Å². The van der Waals surface area contributed by atoms with Crippen LogP contribution < -0.4 is 14.4 Å². The van der Waals surface area contributed by atoms with Gasteiger partial charge in [-0.05, 0) is 62.4 Å². The van der Waals surface area contributed by atoms with Gasteiger partial charge in [-0.25, -0.2) is 4.39 Å². The molecule has 6 nitrogen and oxygen atoms in total. The van der Waals surface area contributed by atoms with Crippen molar-refractivity contribution < 1.29 is 28.6 Å². The van der Waals surface area contributed by atoms with Crippen LogP contribution in [-0.2, 0) is 9.59 Å². The zero-order valence-corrected chi connectivity index (χ0v) is 20.0. The molecule has 0 bridgehead atoms. The van der Waals surface area contributed by atoms with Crippen LogP contribution in [0.2, 0.25) is 5.02 Å². The van der Waals surface area contributed by atoms with Crippen molar-refractivity contribution in [3.63, 3.8) is 0 Å². The van der Waals surface area contributed by atoms with Crippen LogP contribution in [0.25, 0.3) is 5.76 Å². The lowest BCUT2D eigenvalue weighted by Gasteiger charge is -2.26. The van der Waals surface area contributed by atoms with Crippen molar-refractivity contribution in [1.82, 2.24) is 0 Å². The molecular formula is C27H23ClFNO5. The predicted octanol–water partition coefficient (Wildman–Crippen LogP) is 5.90. The van der Waals surface area contributed by atoms with E-state index in [0.29, 0.717) is 11.5 Å². The van der Waals surface area contributed by atoms with Crippen molar-refractivity contribution in [3.8, 4) is 11.5 Å². The van der Waals surface area contributed by atoms with Crippen molar-refractivity contribution in [2.45, 2.75) is 26.0 Å². The molecule has 35 heavy (non-hydrogen) atoms. The van der Waals surface area contributed by atoms with E-state index in [1.54, 1.807) is 42.5 Å². The van der Waals surface area contributed by atoms with E-state index in [0.717, 1.165) is 4.90 Å². The van der Waals surface area contributed by atoms with Crippen LogP contribution in [0.15, 0.2) is 72.3 Å².